The van der Waals surface area contributed by atoms with Crippen LogP contribution in [0.4, 0.5) is 10.1 Å². The molecule has 0 saturated carbocycles. The van der Waals surface area contributed by atoms with Crippen molar-refractivity contribution < 1.29 is 19.0 Å². The summed E-state index contributed by atoms with van der Waals surface area (Å²) in [6.45, 7) is 5.10. The SMILES string of the molecule is Cc1ccc2c(c1)N=C(Cc1ccc(Oc3ccnc4cc(-c5ccc(CN6CCN(C(=O)CO)CC6)cn5)sc34)c(F)c1)C2. The van der Waals surface area contributed by atoms with Gasteiger partial charge < -0.3 is 14.7 Å². The van der Waals surface area contributed by atoms with E-state index in [1.807, 2.05) is 24.4 Å². The molecule has 5 heterocycles. The molecule has 7 rings (SSSR count). The van der Waals surface area contributed by atoms with Crippen LogP contribution in [0.25, 0.3) is 20.8 Å². The number of halogens is 1. The molecule has 3 aromatic heterocycles. The Balaban J connectivity index is 1.02. The zero-order valence-corrected chi connectivity index (χ0v) is 25.7. The number of fused-ring (bicyclic) bond motifs is 2. The van der Waals surface area contributed by atoms with E-state index < -0.39 is 12.4 Å². The molecule has 0 bridgehead atoms. The van der Waals surface area contributed by atoms with Crippen LogP contribution in [0.2, 0.25) is 0 Å². The van der Waals surface area contributed by atoms with Gasteiger partial charge in [0.1, 0.15) is 12.4 Å². The molecule has 0 atom stereocenters. The lowest BCUT2D eigenvalue weighted by molar-refractivity contribution is -0.136. The fourth-order valence-electron chi connectivity index (χ4n) is 5.85. The number of piperazine rings is 1. The third-order valence-corrected chi connectivity index (χ3v) is 9.42. The Morgan fingerprint density at radius 2 is 1.82 bits per heavy atom. The molecule has 2 aromatic carbocycles. The van der Waals surface area contributed by atoms with Crippen LogP contribution in [0.1, 0.15) is 22.3 Å². The van der Waals surface area contributed by atoms with Crippen LogP contribution in [0, 0.1) is 12.7 Å². The number of carbonyl (C=O) groups excluding carboxylic acids is 1. The Morgan fingerprint density at radius 1 is 0.978 bits per heavy atom. The number of amides is 1. The summed E-state index contributed by atoms with van der Waals surface area (Å²) in [6, 6.07) is 19.2. The number of nitrogens with zero attached hydrogens (tertiary/aromatic N) is 5. The number of carbonyl (C=O) groups is 1. The maximum absolute atomic E-state index is 15.3. The van der Waals surface area contributed by atoms with Gasteiger partial charge in [0.05, 0.1) is 26.5 Å². The number of hydrogen-bond donors (Lipinski definition) is 1. The average molecular weight is 622 g/mol. The molecule has 1 amide bonds. The zero-order valence-electron chi connectivity index (χ0n) is 24.9. The Hall–Kier alpha value is -4.51. The Bertz CT molecular complexity index is 1920. The van der Waals surface area contributed by atoms with Crippen molar-refractivity contribution in [2.75, 3.05) is 32.8 Å². The first-order valence-electron chi connectivity index (χ1n) is 15.0. The van der Waals surface area contributed by atoms with Crippen molar-refractivity contribution in [3.8, 4) is 22.1 Å². The number of aliphatic hydroxyl groups is 1. The number of thiophene rings is 1. The molecule has 2 aliphatic heterocycles. The highest BCUT2D eigenvalue weighted by Gasteiger charge is 2.21. The standard InChI is InChI=1S/C35H32FN5O3S/c1-22-2-5-25-17-26(39-29(25)14-22)15-23-4-7-31(27(36)16-23)44-32-8-9-37-30-18-33(45-35(30)32)28-6-3-24(19-38-28)20-40-10-12-41(13-11-40)34(43)21-42/h2-9,14,16,18-19,42H,10-13,15,17,20-21H2,1H3. The minimum Gasteiger partial charge on any atom is -0.453 e. The van der Waals surface area contributed by atoms with Crippen LogP contribution in [0.15, 0.2) is 78.0 Å². The number of benzene rings is 2. The molecule has 0 unspecified atom stereocenters. The van der Waals surface area contributed by atoms with Gasteiger partial charge in [-0.1, -0.05) is 24.3 Å². The fraction of sp³-hybridized carbons (Fsp3) is 0.257. The summed E-state index contributed by atoms with van der Waals surface area (Å²) in [6.07, 6.45) is 4.92. The molecule has 5 aromatic rings. The van der Waals surface area contributed by atoms with Gasteiger partial charge in [-0.2, -0.15) is 0 Å². The topological polar surface area (TPSA) is 91.2 Å². The first kappa shape index (κ1) is 29.2. The van der Waals surface area contributed by atoms with Crippen molar-refractivity contribution in [3.05, 3.63) is 101 Å². The predicted molar refractivity (Wildman–Crippen MR) is 174 cm³/mol. The number of hydrogen-bond acceptors (Lipinski definition) is 8. The van der Waals surface area contributed by atoms with E-state index in [0.29, 0.717) is 25.3 Å². The van der Waals surface area contributed by atoms with Gasteiger partial charge in [-0.3, -0.25) is 24.7 Å². The van der Waals surface area contributed by atoms with Crippen molar-refractivity contribution in [1.29, 1.82) is 0 Å². The van der Waals surface area contributed by atoms with Crippen molar-refractivity contribution >= 4 is 38.9 Å². The molecular formula is C35H32FN5O3S. The van der Waals surface area contributed by atoms with Crippen LogP contribution in [-0.4, -0.2) is 69.3 Å². The first-order valence-corrected chi connectivity index (χ1v) is 15.8. The highest BCUT2D eigenvalue weighted by atomic mass is 32.1. The third-order valence-electron chi connectivity index (χ3n) is 8.26. The number of pyridine rings is 2. The van der Waals surface area contributed by atoms with E-state index in [2.05, 4.69) is 41.1 Å². The highest BCUT2D eigenvalue weighted by Crippen LogP contribution is 2.39. The van der Waals surface area contributed by atoms with Crippen LogP contribution < -0.4 is 4.74 Å². The van der Waals surface area contributed by atoms with Crippen molar-refractivity contribution in [2.24, 2.45) is 4.99 Å². The zero-order chi connectivity index (χ0) is 30.9. The Kier molecular flexibility index (Phi) is 8.10. The van der Waals surface area contributed by atoms with Crippen LogP contribution in [0.3, 0.4) is 0 Å². The van der Waals surface area contributed by atoms with Gasteiger partial charge in [-0.15, -0.1) is 11.3 Å². The van der Waals surface area contributed by atoms with E-state index in [0.717, 1.165) is 69.4 Å². The largest absolute Gasteiger partial charge is 0.453 e. The molecule has 1 N–H and O–H groups in total. The molecule has 8 nitrogen and oxygen atoms in total. The predicted octanol–water partition coefficient (Wildman–Crippen LogP) is 6.11. The second kappa shape index (κ2) is 12.5. The van der Waals surface area contributed by atoms with E-state index in [4.69, 9.17) is 19.8 Å². The lowest BCUT2D eigenvalue weighted by Gasteiger charge is -2.34. The molecule has 10 heteroatoms. The lowest BCUT2D eigenvalue weighted by atomic mass is 10.0. The van der Waals surface area contributed by atoms with Gasteiger partial charge in [0.2, 0.25) is 5.91 Å². The summed E-state index contributed by atoms with van der Waals surface area (Å²) in [5.41, 5.74) is 7.97. The second-order valence-corrected chi connectivity index (χ2v) is 12.6. The summed E-state index contributed by atoms with van der Waals surface area (Å²) >= 11 is 1.51. The quantitative estimate of drug-likeness (QED) is 0.225. The van der Waals surface area contributed by atoms with Crippen molar-refractivity contribution in [2.45, 2.75) is 26.3 Å². The van der Waals surface area contributed by atoms with E-state index in [-0.39, 0.29) is 11.7 Å². The van der Waals surface area contributed by atoms with E-state index >= 15 is 4.39 Å². The average Bonchev–Trinajstić information content (AvgIpc) is 3.67. The van der Waals surface area contributed by atoms with Crippen LogP contribution in [0.5, 0.6) is 11.5 Å². The monoisotopic (exact) mass is 621 g/mol. The number of rotatable bonds is 8. The highest BCUT2D eigenvalue weighted by molar-refractivity contribution is 7.22. The molecule has 0 radical (unpaired) electrons. The lowest BCUT2D eigenvalue weighted by Crippen LogP contribution is -2.49. The van der Waals surface area contributed by atoms with Crippen molar-refractivity contribution in [3.63, 3.8) is 0 Å². The molecule has 0 aliphatic carbocycles. The molecule has 1 fully saturated rings. The second-order valence-electron chi connectivity index (χ2n) is 11.5. The molecular weight excluding hydrogens is 589 g/mol. The molecule has 0 spiro atoms. The van der Waals surface area contributed by atoms with E-state index in [9.17, 15) is 4.79 Å². The van der Waals surface area contributed by atoms with Gasteiger partial charge in [0.25, 0.3) is 0 Å². The molecule has 45 heavy (non-hydrogen) atoms. The summed E-state index contributed by atoms with van der Waals surface area (Å²) in [4.78, 5) is 30.6. The maximum Gasteiger partial charge on any atom is 0.248 e. The van der Waals surface area contributed by atoms with Gasteiger partial charge in [0, 0.05) is 69.7 Å². The Morgan fingerprint density at radius 3 is 2.60 bits per heavy atom. The number of ether oxygens (including phenoxy) is 1. The fourth-order valence-corrected chi connectivity index (χ4v) is 6.89. The van der Waals surface area contributed by atoms with Gasteiger partial charge >= 0.3 is 0 Å². The smallest absolute Gasteiger partial charge is 0.248 e. The Labute approximate surface area is 264 Å². The van der Waals surface area contributed by atoms with E-state index in [1.54, 1.807) is 23.2 Å². The first-order chi connectivity index (χ1) is 21.9. The number of aryl methyl sites for hydroxylation is 1. The van der Waals surface area contributed by atoms with Gasteiger partial charge in [-0.25, -0.2) is 4.39 Å². The van der Waals surface area contributed by atoms with Gasteiger partial charge in [-0.05, 0) is 59.5 Å². The van der Waals surface area contributed by atoms with Crippen molar-refractivity contribution in [1.82, 2.24) is 19.8 Å². The summed E-state index contributed by atoms with van der Waals surface area (Å²) in [7, 11) is 0. The molecule has 1 saturated heterocycles. The normalized spacial score (nSPS) is 14.9. The number of aromatic nitrogens is 2. The maximum atomic E-state index is 15.3. The summed E-state index contributed by atoms with van der Waals surface area (Å²) in [5.74, 6) is 0.0733. The van der Waals surface area contributed by atoms with E-state index in [1.165, 1.54) is 28.5 Å². The minimum absolute atomic E-state index is 0.164. The minimum atomic E-state index is -0.441. The summed E-state index contributed by atoms with van der Waals surface area (Å²) in [5, 5.41) is 9.08. The number of aliphatic hydroxyl groups excluding tert-OH is 1. The molecule has 2 aliphatic rings. The van der Waals surface area contributed by atoms with Crippen LogP contribution in [-0.2, 0) is 24.2 Å². The van der Waals surface area contributed by atoms with Crippen LogP contribution >= 0.6 is 11.3 Å². The van der Waals surface area contributed by atoms with Gasteiger partial charge in [0.15, 0.2) is 11.6 Å². The number of aliphatic imine (C=N–C) groups is 1. The molecule has 228 valence electrons. The third kappa shape index (κ3) is 6.35. The summed E-state index contributed by atoms with van der Waals surface area (Å²) < 4.78 is 22.2.